The minimum atomic E-state index is -0.143. The van der Waals surface area contributed by atoms with Crippen LogP contribution in [0.15, 0.2) is 15.2 Å². The Morgan fingerprint density at radius 2 is 2.17 bits per heavy atom. The van der Waals surface area contributed by atoms with Gasteiger partial charge in [-0.2, -0.15) is 9.61 Å². The van der Waals surface area contributed by atoms with Crippen molar-refractivity contribution in [1.29, 1.82) is 0 Å². The molecule has 0 aromatic carbocycles. The lowest BCUT2D eigenvalue weighted by atomic mass is 10.2. The third kappa shape index (κ3) is 4.06. The fraction of sp³-hybridized carbons (Fsp3) is 0.462. The van der Waals surface area contributed by atoms with Crippen LogP contribution in [0.4, 0.5) is 5.13 Å². The van der Waals surface area contributed by atoms with Crippen molar-refractivity contribution in [3.63, 3.8) is 0 Å². The molecule has 3 rings (SSSR count). The van der Waals surface area contributed by atoms with Gasteiger partial charge in [-0.1, -0.05) is 48.3 Å². The van der Waals surface area contributed by atoms with Crippen molar-refractivity contribution in [1.82, 2.24) is 24.8 Å². The van der Waals surface area contributed by atoms with Crippen molar-refractivity contribution < 1.29 is 0 Å². The van der Waals surface area contributed by atoms with Gasteiger partial charge in [-0.3, -0.25) is 4.79 Å². The third-order valence-electron chi connectivity index (χ3n) is 2.80. The average Bonchev–Trinajstić information content (AvgIpc) is 3.09. The van der Waals surface area contributed by atoms with Crippen molar-refractivity contribution in [3.05, 3.63) is 27.1 Å². The summed E-state index contributed by atoms with van der Waals surface area (Å²) in [6.45, 7) is 6.98. The Bertz CT molecular complexity index is 868. The Labute approximate surface area is 145 Å². The van der Waals surface area contributed by atoms with Crippen molar-refractivity contribution in [3.8, 4) is 0 Å². The molecule has 0 radical (unpaired) electrons. The molecule has 0 fully saturated rings. The van der Waals surface area contributed by atoms with Gasteiger partial charge in [-0.05, 0) is 12.8 Å². The van der Waals surface area contributed by atoms with Crippen LogP contribution in [0.25, 0.3) is 4.96 Å². The Balaban J connectivity index is 1.66. The molecule has 7 nitrogen and oxygen atoms in total. The summed E-state index contributed by atoms with van der Waals surface area (Å²) >= 11 is 4.52. The van der Waals surface area contributed by atoms with Gasteiger partial charge in [0.05, 0.1) is 5.75 Å². The first kappa shape index (κ1) is 16.3. The summed E-state index contributed by atoms with van der Waals surface area (Å²) in [5.41, 5.74) is 0.568. The number of fused-ring (bicyclic) bond motifs is 1. The Morgan fingerprint density at radius 1 is 1.35 bits per heavy atom. The van der Waals surface area contributed by atoms with E-state index in [0.29, 0.717) is 22.3 Å². The summed E-state index contributed by atoms with van der Waals surface area (Å²) in [6.07, 6.45) is 0. The van der Waals surface area contributed by atoms with E-state index in [1.54, 1.807) is 11.8 Å². The summed E-state index contributed by atoms with van der Waals surface area (Å²) in [7, 11) is 0. The zero-order valence-electron chi connectivity index (χ0n) is 12.9. The van der Waals surface area contributed by atoms with E-state index in [-0.39, 0.29) is 5.56 Å². The summed E-state index contributed by atoms with van der Waals surface area (Å²) in [5, 5.41) is 17.5. The van der Waals surface area contributed by atoms with Crippen LogP contribution in [0.1, 0.15) is 24.5 Å². The number of aryl methyl sites for hydroxylation is 1. The second-order valence-electron chi connectivity index (χ2n) is 5.36. The lowest BCUT2D eigenvalue weighted by Gasteiger charge is -2.03. The van der Waals surface area contributed by atoms with Gasteiger partial charge in [-0.25, -0.2) is 4.98 Å². The van der Waals surface area contributed by atoms with E-state index in [4.69, 9.17) is 0 Å². The molecule has 0 saturated carbocycles. The first-order valence-corrected chi connectivity index (χ1v) is 9.69. The van der Waals surface area contributed by atoms with E-state index in [1.165, 1.54) is 33.3 Å². The molecule has 0 unspecified atom stereocenters. The monoisotopic (exact) mass is 368 g/mol. The lowest BCUT2D eigenvalue weighted by Crippen LogP contribution is -2.14. The molecule has 0 spiro atoms. The maximum Gasteiger partial charge on any atom is 0.275 e. The fourth-order valence-electron chi connectivity index (χ4n) is 1.77. The van der Waals surface area contributed by atoms with E-state index < -0.39 is 0 Å². The molecule has 0 aliphatic rings. The van der Waals surface area contributed by atoms with Crippen LogP contribution in [-0.2, 0) is 5.75 Å². The van der Waals surface area contributed by atoms with Gasteiger partial charge < -0.3 is 5.32 Å². The van der Waals surface area contributed by atoms with Crippen LogP contribution in [-0.4, -0.2) is 31.3 Å². The van der Waals surface area contributed by atoms with Gasteiger partial charge in [0.2, 0.25) is 10.1 Å². The molecule has 1 N–H and O–H groups in total. The minimum Gasteiger partial charge on any atom is -0.360 e. The molecule has 122 valence electrons. The van der Waals surface area contributed by atoms with Crippen LogP contribution >= 0.6 is 34.4 Å². The summed E-state index contributed by atoms with van der Waals surface area (Å²) in [6, 6.07) is 1.49. The molecule has 0 aliphatic carbocycles. The highest BCUT2D eigenvalue weighted by atomic mass is 32.2. The molecule has 23 heavy (non-hydrogen) atoms. The average molecular weight is 369 g/mol. The molecule has 0 amide bonds. The van der Waals surface area contributed by atoms with Gasteiger partial charge in [0.25, 0.3) is 5.56 Å². The predicted molar refractivity (Wildman–Crippen MR) is 94.7 cm³/mol. The molecule has 3 heterocycles. The van der Waals surface area contributed by atoms with Crippen molar-refractivity contribution in [2.24, 2.45) is 5.92 Å². The number of thioether (sulfide) groups is 1. The van der Waals surface area contributed by atoms with Crippen LogP contribution in [0.2, 0.25) is 0 Å². The van der Waals surface area contributed by atoms with Crippen molar-refractivity contribution >= 4 is 44.5 Å². The lowest BCUT2D eigenvalue weighted by molar-refractivity contribution is 0.687. The predicted octanol–water partition coefficient (Wildman–Crippen LogP) is 2.67. The van der Waals surface area contributed by atoms with Gasteiger partial charge in [0.1, 0.15) is 5.01 Å². The van der Waals surface area contributed by atoms with Crippen LogP contribution in [0.5, 0.6) is 0 Å². The number of anilines is 1. The molecular weight excluding hydrogens is 352 g/mol. The molecule has 3 aromatic heterocycles. The van der Waals surface area contributed by atoms with Gasteiger partial charge in [0, 0.05) is 18.3 Å². The molecule has 0 saturated heterocycles. The number of nitrogens with one attached hydrogen (secondary N) is 1. The maximum atomic E-state index is 11.8. The quantitative estimate of drug-likeness (QED) is 0.670. The second-order valence-corrected chi connectivity index (χ2v) is 8.60. The summed E-state index contributed by atoms with van der Waals surface area (Å²) in [4.78, 5) is 16.8. The highest BCUT2D eigenvalue weighted by molar-refractivity contribution is 8.00. The van der Waals surface area contributed by atoms with Crippen LogP contribution < -0.4 is 10.9 Å². The standard InChI is InChI=1S/C13H16N6OS3/c1-7(2)5-14-11-16-17-13(23-11)21-6-9-18-19-10(20)4-8(3)15-12(19)22-9/h4,7H,5-6H2,1-3H3,(H,14,16). The van der Waals surface area contributed by atoms with E-state index in [2.05, 4.69) is 39.4 Å². The van der Waals surface area contributed by atoms with Crippen molar-refractivity contribution in [2.45, 2.75) is 30.9 Å². The molecule has 0 atom stereocenters. The smallest absolute Gasteiger partial charge is 0.275 e. The largest absolute Gasteiger partial charge is 0.360 e. The number of nitrogens with zero attached hydrogens (tertiary/aromatic N) is 5. The van der Waals surface area contributed by atoms with Gasteiger partial charge in [0.15, 0.2) is 4.34 Å². The first-order chi connectivity index (χ1) is 11.0. The number of hydrogen-bond donors (Lipinski definition) is 1. The van der Waals surface area contributed by atoms with Crippen LogP contribution in [0, 0.1) is 12.8 Å². The van der Waals surface area contributed by atoms with Crippen molar-refractivity contribution in [2.75, 3.05) is 11.9 Å². The Hall–Kier alpha value is -1.52. The van der Waals surface area contributed by atoms with E-state index in [0.717, 1.165) is 21.0 Å². The normalized spacial score (nSPS) is 11.5. The molecule has 3 aromatic rings. The third-order valence-corrected chi connectivity index (χ3v) is 5.92. The minimum absolute atomic E-state index is 0.143. The van der Waals surface area contributed by atoms with Crippen LogP contribution in [0.3, 0.4) is 0 Å². The second kappa shape index (κ2) is 6.93. The molecular formula is C13H16N6OS3. The topological polar surface area (TPSA) is 85.1 Å². The van der Waals surface area contributed by atoms with E-state index in [1.807, 2.05) is 6.92 Å². The Kier molecular flexibility index (Phi) is 4.93. The maximum absolute atomic E-state index is 11.8. The SMILES string of the molecule is Cc1cc(=O)n2nc(CSc3nnc(NCC(C)C)s3)sc2n1. The summed E-state index contributed by atoms with van der Waals surface area (Å²) < 4.78 is 2.23. The van der Waals surface area contributed by atoms with Gasteiger partial charge >= 0.3 is 0 Å². The first-order valence-electron chi connectivity index (χ1n) is 7.08. The number of hydrogen-bond acceptors (Lipinski definition) is 9. The number of aromatic nitrogens is 5. The van der Waals surface area contributed by atoms with E-state index in [9.17, 15) is 4.79 Å². The Morgan fingerprint density at radius 3 is 2.96 bits per heavy atom. The number of rotatable bonds is 6. The highest BCUT2D eigenvalue weighted by Crippen LogP contribution is 2.29. The molecule has 10 heteroatoms. The highest BCUT2D eigenvalue weighted by Gasteiger charge is 2.10. The molecule has 0 aliphatic heterocycles. The fourth-order valence-corrected chi connectivity index (χ4v) is 4.46. The molecule has 0 bridgehead atoms. The zero-order chi connectivity index (χ0) is 16.4. The van der Waals surface area contributed by atoms with E-state index >= 15 is 0 Å². The van der Waals surface area contributed by atoms with Gasteiger partial charge in [-0.15, -0.1) is 10.2 Å². The zero-order valence-corrected chi connectivity index (χ0v) is 15.4. The summed E-state index contributed by atoms with van der Waals surface area (Å²) in [5.74, 6) is 1.21.